The van der Waals surface area contributed by atoms with E-state index >= 15 is 0 Å². The van der Waals surface area contributed by atoms with Crippen LogP contribution in [-0.2, 0) is 13.0 Å². The highest BCUT2D eigenvalue weighted by Crippen LogP contribution is 2.32. The Bertz CT molecular complexity index is 873. The Morgan fingerprint density at radius 3 is 2.64 bits per heavy atom. The van der Waals surface area contributed by atoms with Gasteiger partial charge in [-0.3, -0.25) is 10.1 Å². The Morgan fingerprint density at radius 1 is 1.29 bits per heavy atom. The quantitative estimate of drug-likeness (QED) is 0.492. The lowest BCUT2D eigenvalue weighted by molar-refractivity contribution is -0.385. The third kappa shape index (κ3) is 4.85. The number of nitro groups is 1. The van der Waals surface area contributed by atoms with E-state index in [0.29, 0.717) is 12.1 Å². The molecule has 28 heavy (non-hydrogen) atoms. The number of nitrogens with one attached hydrogen (secondary N) is 1. The minimum Gasteiger partial charge on any atom is -0.378 e. The molecule has 1 fully saturated rings. The number of aromatic nitrogens is 2. The molecule has 0 saturated heterocycles. The van der Waals surface area contributed by atoms with E-state index in [4.69, 9.17) is 23.1 Å². The predicted molar refractivity (Wildman–Crippen MR) is 105 cm³/mol. The van der Waals surface area contributed by atoms with Crippen LogP contribution in [0.3, 0.4) is 0 Å². The summed E-state index contributed by atoms with van der Waals surface area (Å²) < 4.78 is 13.3. The van der Waals surface area contributed by atoms with Gasteiger partial charge >= 0.3 is 5.69 Å². The molecule has 2 aromatic rings. The van der Waals surface area contributed by atoms with Crippen LogP contribution in [0.15, 0.2) is 18.2 Å². The molecular formula is C18H22ClFN6O2. The van der Waals surface area contributed by atoms with Gasteiger partial charge in [-0.05, 0) is 55.7 Å². The number of rotatable bonds is 6. The van der Waals surface area contributed by atoms with Crippen molar-refractivity contribution in [3.63, 3.8) is 0 Å². The van der Waals surface area contributed by atoms with E-state index in [-0.39, 0.29) is 41.0 Å². The molecule has 150 valence electrons. The minimum absolute atomic E-state index is 0.0135. The zero-order valence-electron chi connectivity index (χ0n) is 15.2. The van der Waals surface area contributed by atoms with Crippen molar-refractivity contribution in [2.75, 3.05) is 11.1 Å². The first-order chi connectivity index (χ1) is 13.3. The molecule has 0 aliphatic heterocycles. The number of nitrogen functional groups attached to an aromatic ring is 1. The number of halogens is 2. The van der Waals surface area contributed by atoms with Gasteiger partial charge in [-0.25, -0.2) is 9.37 Å². The summed E-state index contributed by atoms with van der Waals surface area (Å²) in [5.74, 6) is -0.222. The maximum absolute atomic E-state index is 13.3. The summed E-state index contributed by atoms with van der Waals surface area (Å²) in [6, 6.07) is 4.53. The lowest BCUT2D eigenvalue weighted by Gasteiger charge is -2.25. The largest absolute Gasteiger partial charge is 0.378 e. The molecule has 1 aromatic heterocycles. The lowest BCUT2D eigenvalue weighted by Crippen LogP contribution is -2.27. The summed E-state index contributed by atoms with van der Waals surface area (Å²) in [4.78, 5) is 19.3. The molecule has 0 atom stereocenters. The number of nitrogens with zero attached hydrogens (tertiary/aromatic N) is 3. The molecule has 10 heteroatoms. The zero-order valence-corrected chi connectivity index (χ0v) is 16.0. The van der Waals surface area contributed by atoms with Crippen LogP contribution in [0.1, 0.15) is 36.9 Å². The molecule has 0 radical (unpaired) electrons. The molecule has 0 bridgehead atoms. The number of nitrogens with two attached hydrogens (primary N) is 2. The van der Waals surface area contributed by atoms with Crippen LogP contribution in [0, 0.1) is 21.8 Å². The van der Waals surface area contributed by atoms with E-state index < -0.39 is 10.7 Å². The van der Waals surface area contributed by atoms with Gasteiger partial charge in [0.05, 0.1) is 9.95 Å². The molecule has 1 heterocycles. The topological polar surface area (TPSA) is 133 Å². The Morgan fingerprint density at radius 2 is 2.00 bits per heavy atom. The van der Waals surface area contributed by atoms with Crippen LogP contribution in [-0.4, -0.2) is 20.9 Å². The van der Waals surface area contributed by atoms with Crippen molar-refractivity contribution < 1.29 is 9.31 Å². The Hall–Kier alpha value is -2.52. The fourth-order valence-electron chi connectivity index (χ4n) is 3.44. The molecular weight excluding hydrogens is 387 g/mol. The number of hydrogen-bond donors (Lipinski definition) is 3. The Kier molecular flexibility index (Phi) is 6.25. The molecule has 3 rings (SSSR count). The minimum atomic E-state index is -0.539. The summed E-state index contributed by atoms with van der Waals surface area (Å²) in [6.07, 6.45) is 4.05. The van der Waals surface area contributed by atoms with Crippen molar-refractivity contribution in [1.82, 2.24) is 9.97 Å². The van der Waals surface area contributed by atoms with Crippen LogP contribution < -0.4 is 16.8 Å². The van der Waals surface area contributed by atoms with Gasteiger partial charge in [-0.15, -0.1) is 0 Å². The average molecular weight is 409 g/mol. The molecule has 8 nitrogen and oxygen atoms in total. The van der Waals surface area contributed by atoms with Gasteiger partial charge in [0, 0.05) is 12.6 Å². The molecule has 1 saturated carbocycles. The second-order valence-corrected chi connectivity index (χ2v) is 7.48. The molecule has 5 N–H and O–H groups in total. The summed E-state index contributed by atoms with van der Waals surface area (Å²) in [5.41, 5.74) is 12.6. The molecule has 0 spiro atoms. The van der Waals surface area contributed by atoms with Crippen molar-refractivity contribution in [3.05, 3.63) is 50.4 Å². The predicted octanol–water partition coefficient (Wildman–Crippen LogP) is 3.43. The first-order valence-electron chi connectivity index (χ1n) is 9.07. The monoisotopic (exact) mass is 408 g/mol. The van der Waals surface area contributed by atoms with Gasteiger partial charge in [0.15, 0.2) is 0 Å². The van der Waals surface area contributed by atoms with Gasteiger partial charge in [0.25, 0.3) is 0 Å². The van der Waals surface area contributed by atoms with Gasteiger partial charge in [0.1, 0.15) is 11.5 Å². The van der Waals surface area contributed by atoms with Crippen LogP contribution in [0.4, 0.5) is 21.8 Å². The number of benzene rings is 1. The third-order valence-electron chi connectivity index (χ3n) is 4.97. The second-order valence-electron chi connectivity index (χ2n) is 7.07. The fourth-order valence-corrected chi connectivity index (χ4v) is 3.64. The fraction of sp³-hybridized carbons (Fsp3) is 0.444. The van der Waals surface area contributed by atoms with Crippen molar-refractivity contribution in [2.45, 2.75) is 44.7 Å². The maximum Gasteiger partial charge on any atom is 0.332 e. The van der Waals surface area contributed by atoms with E-state index in [1.165, 1.54) is 12.1 Å². The zero-order chi connectivity index (χ0) is 20.3. The van der Waals surface area contributed by atoms with Gasteiger partial charge in [0.2, 0.25) is 11.8 Å². The number of anilines is 2. The molecule has 1 aliphatic carbocycles. The summed E-state index contributed by atoms with van der Waals surface area (Å²) in [6.45, 7) is 0.273. The molecule has 1 aromatic carbocycles. The van der Waals surface area contributed by atoms with Gasteiger partial charge in [-0.1, -0.05) is 17.7 Å². The van der Waals surface area contributed by atoms with Crippen molar-refractivity contribution in [2.24, 2.45) is 11.7 Å². The lowest BCUT2D eigenvalue weighted by atomic mass is 9.83. The summed E-state index contributed by atoms with van der Waals surface area (Å²) in [7, 11) is 0. The molecule has 1 aliphatic rings. The summed E-state index contributed by atoms with van der Waals surface area (Å²) >= 11 is 5.78. The van der Waals surface area contributed by atoms with E-state index in [9.17, 15) is 14.5 Å². The smallest absolute Gasteiger partial charge is 0.332 e. The first-order valence-corrected chi connectivity index (χ1v) is 9.45. The van der Waals surface area contributed by atoms with Crippen LogP contribution in [0.5, 0.6) is 0 Å². The SMILES string of the molecule is Nc1nc(NCc2ccc(F)c(Cl)c2)nc(C[C@H]2CC[C@H](N)CC2)c1[N+](=O)[O-]. The first kappa shape index (κ1) is 20.2. The van der Waals surface area contributed by atoms with E-state index in [2.05, 4.69) is 15.3 Å². The van der Waals surface area contributed by atoms with Gasteiger partial charge < -0.3 is 16.8 Å². The maximum atomic E-state index is 13.3. The molecule has 0 unspecified atom stereocenters. The normalized spacial score (nSPS) is 19.4. The van der Waals surface area contributed by atoms with Crippen molar-refractivity contribution >= 4 is 29.1 Å². The van der Waals surface area contributed by atoms with E-state index in [0.717, 1.165) is 31.2 Å². The Labute approximate surface area is 166 Å². The highest BCUT2D eigenvalue weighted by molar-refractivity contribution is 6.30. The van der Waals surface area contributed by atoms with E-state index in [1.54, 1.807) is 6.07 Å². The summed E-state index contributed by atoms with van der Waals surface area (Å²) in [5, 5.41) is 14.4. The average Bonchev–Trinajstić information content (AvgIpc) is 2.64. The van der Waals surface area contributed by atoms with Crippen LogP contribution >= 0.6 is 11.6 Å². The van der Waals surface area contributed by atoms with E-state index in [1.807, 2.05) is 0 Å². The van der Waals surface area contributed by atoms with Crippen molar-refractivity contribution in [3.8, 4) is 0 Å². The second kappa shape index (κ2) is 8.66. The van der Waals surface area contributed by atoms with Crippen molar-refractivity contribution in [1.29, 1.82) is 0 Å². The highest BCUT2D eigenvalue weighted by Gasteiger charge is 2.27. The third-order valence-corrected chi connectivity index (χ3v) is 5.26. The van der Waals surface area contributed by atoms with Gasteiger partial charge in [-0.2, -0.15) is 4.98 Å². The van der Waals surface area contributed by atoms with Crippen LogP contribution in [0.25, 0.3) is 0 Å². The Balaban J connectivity index is 1.78. The standard InChI is InChI=1S/C18H22ClFN6O2/c19-13-7-11(3-6-14(13)20)9-23-18-24-15(16(26(27)28)17(22)25-18)8-10-1-4-12(21)5-2-10/h3,6-7,10,12H,1-2,4-5,8-9,21H2,(H3,22,23,24,25)/t10-,12-. The molecule has 0 amide bonds. The highest BCUT2D eigenvalue weighted by atomic mass is 35.5. The van der Waals surface area contributed by atoms with Crippen LogP contribution in [0.2, 0.25) is 5.02 Å². The number of hydrogen-bond acceptors (Lipinski definition) is 7.